The summed E-state index contributed by atoms with van der Waals surface area (Å²) in [4.78, 5) is 43.6. The normalized spacial score (nSPS) is 11.5. The summed E-state index contributed by atoms with van der Waals surface area (Å²) >= 11 is 0. The maximum Gasteiger partial charge on any atom is 0.314 e. The number of carbonyl (C=O) groups is 2. The smallest absolute Gasteiger partial charge is 0.314 e. The van der Waals surface area contributed by atoms with Gasteiger partial charge in [0.1, 0.15) is 17.3 Å². The Hall–Kier alpha value is -3.11. The fraction of sp³-hybridized carbons (Fsp3) is 0.385. The highest BCUT2D eigenvalue weighted by molar-refractivity contribution is 5.87. The summed E-state index contributed by atoms with van der Waals surface area (Å²) in [5.41, 5.74) is -2.71. The first kappa shape index (κ1) is 18.9. The fourth-order valence-electron chi connectivity index (χ4n) is 2.08. The zero-order valence-corrected chi connectivity index (χ0v) is 12.7. The predicted molar refractivity (Wildman–Crippen MR) is 75.7 cm³/mol. The highest BCUT2D eigenvalue weighted by Gasteiger charge is 2.39. The first-order valence-corrected chi connectivity index (χ1v) is 6.58. The average molecular weight is 344 g/mol. The van der Waals surface area contributed by atoms with Crippen LogP contribution in [-0.4, -0.2) is 35.5 Å². The van der Waals surface area contributed by atoms with Crippen molar-refractivity contribution >= 4 is 23.3 Å². The number of nitro benzene ring substituents is 2. The lowest BCUT2D eigenvalue weighted by Gasteiger charge is -2.14. The van der Waals surface area contributed by atoms with Crippen molar-refractivity contribution in [2.75, 3.05) is 13.7 Å². The van der Waals surface area contributed by atoms with Gasteiger partial charge in [0.05, 0.1) is 42.1 Å². The molecule has 0 aromatic heterocycles. The molecule has 0 N–H and O–H groups in total. The van der Waals surface area contributed by atoms with Crippen molar-refractivity contribution in [3.8, 4) is 0 Å². The quantitative estimate of drug-likeness (QED) is 0.415. The number of hydrogen-bond acceptors (Lipinski definition) is 8. The van der Waals surface area contributed by atoms with Gasteiger partial charge in [-0.25, -0.2) is 4.39 Å². The van der Waals surface area contributed by atoms with Crippen molar-refractivity contribution in [1.82, 2.24) is 0 Å². The highest BCUT2D eigenvalue weighted by atomic mass is 19.1. The maximum atomic E-state index is 13.4. The molecule has 11 heteroatoms. The first-order chi connectivity index (χ1) is 11.2. The number of nitrogens with zero attached hydrogens (tertiary/aromatic N) is 2. The van der Waals surface area contributed by atoms with E-state index in [4.69, 9.17) is 0 Å². The first-order valence-electron chi connectivity index (χ1n) is 6.58. The summed E-state index contributed by atoms with van der Waals surface area (Å²) in [5, 5.41) is 22.2. The number of benzene rings is 1. The summed E-state index contributed by atoms with van der Waals surface area (Å²) in [6, 6.07) is 0.868. The third kappa shape index (κ3) is 4.21. The molecule has 1 unspecified atom stereocenters. The summed E-state index contributed by atoms with van der Waals surface area (Å²) in [5.74, 6) is -4.95. The van der Waals surface area contributed by atoms with E-state index in [1.165, 1.54) is 6.92 Å². The van der Waals surface area contributed by atoms with Crippen LogP contribution in [0.15, 0.2) is 12.1 Å². The van der Waals surface area contributed by atoms with Gasteiger partial charge in [0.25, 0.3) is 11.4 Å². The molecule has 130 valence electrons. The fourth-order valence-corrected chi connectivity index (χ4v) is 2.08. The molecule has 0 heterocycles. The van der Waals surface area contributed by atoms with Crippen LogP contribution in [0.5, 0.6) is 0 Å². The number of hydrogen-bond donors (Lipinski definition) is 0. The van der Waals surface area contributed by atoms with E-state index in [-0.39, 0.29) is 6.61 Å². The van der Waals surface area contributed by atoms with Crippen LogP contribution in [0.2, 0.25) is 0 Å². The minimum Gasteiger partial charge on any atom is -0.469 e. The Kier molecular flexibility index (Phi) is 6.27. The van der Waals surface area contributed by atoms with Crippen LogP contribution < -0.4 is 0 Å². The lowest BCUT2D eigenvalue weighted by Crippen LogP contribution is -2.21. The second kappa shape index (κ2) is 7.94. The number of methoxy groups -OCH3 is 1. The number of halogens is 1. The molecule has 1 atom stereocenters. The molecular weight excluding hydrogens is 331 g/mol. The van der Waals surface area contributed by atoms with Crippen LogP contribution in [0.25, 0.3) is 0 Å². The van der Waals surface area contributed by atoms with E-state index in [2.05, 4.69) is 9.47 Å². The van der Waals surface area contributed by atoms with Crippen molar-refractivity contribution in [2.45, 2.75) is 19.3 Å². The molecule has 0 aliphatic carbocycles. The van der Waals surface area contributed by atoms with Gasteiger partial charge in [-0.1, -0.05) is 0 Å². The molecule has 0 fully saturated rings. The van der Waals surface area contributed by atoms with Crippen LogP contribution in [-0.2, 0) is 19.1 Å². The number of nitro groups is 2. The van der Waals surface area contributed by atoms with Crippen molar-refractivity contribution in [1.29, 1.82) is 0 Å². The van der Waals surface area contributed by atoms with Crippen molar-refractivity contribution in [3.05, 3.63) is 43.7 Å². The predicted octanol–water partition coefficient (Wildman–Crippen LogP) is 1.85. The average Bonchev–Trinajstić information content (AvgIpc) is 2.51. The van der Waals surface area contributed by atoms with Crippen LogP contribution in [0.4, 0.5) is 15.8 Å². The van der Waals surface area contributed by atoms with Gasteiger partial charge < -0.3 is 9.47 Å². The molecule has 0 saturated carbocycles. The van der Waals surface area contributed by atoms with Gasteiger partial charge in [0, 0.05) is 0 Å². The van der Waals surface area contributed by atoms with Gasteiger partial charge in [-0.2, -0.15) is 0 Å². The SMILES string of the molecule is CCOC(=O)CC(C(=O)OC)c1c([N+](=O)[O-])cc(F)cc1[N+](=O)[O-]. The molecule has 0 saturated heterocycles. The number of ether oxygens (including phenoxy) is 2. The lowest BCUT2D eigenvalue weighted by atomic mass is 9.92. The van der Waals surface area contributed by atoms with Crippen molar-refractivity contribution < 1.29 is 33.3 Å². The lowest BCUT2D eigenvalue weighted by molar-refractivity contribution is -0.396. The molecule has 0 spiro atoms. The largest absolute Gasteiger partial charge is 0.469 e. The molecule has 0 amide bonds. The molecule has 24 heavy (non-hydrogen) atoms. The summed E-state index contributed by atoms with van der Waals surface area (Å²) < 4.78 is 22.6. The summed E-state index contributed by atoms with van der Waals surface area (Å²) in [6.45, 7) is 1.47. The maximum absolute atomic E-state index is 13.4. The minimum absolute atomic E-state index is 0.0275. The molecule has 1 rings (SSSR count). The monoisotopic (exact) mass is 344 g/mol. The van der Waals surface area contributed by atoms with Gasteiger partial charge in [-0.15, -0.1) is 0 Å². The standard InChI is InChI=1S/C13H13FN2O8/c1-3-24-11(17)6-8(13(18)23-2)12-9(15(19)20)4-7(14)5-10(12)16(21)22/h4-5,8H,3,6H2,1-2H3. The Morgan fingerprint density at radius 2 is 1.71 bits per heavy atom. The summed E-state index contributed by atoms with van der Waals surface area (Å²) in [6.07, 6.45) is -0.728. The van der Waals surface area contributed by atoms with Gasteiger partial charge in [0.15, 0.2) is 0 Å². The van der Waals surface area contributed by atoms with Gasteiger partial charge in [0.2, 0.25) is 0 Å². The van der Waals surface area contributed by atoms with Crippen LogP contribution >= 0.6 is 0 Å². The van der Waals surface area contributed by atoms with E-state index in [9.17, 15) is 34.2 Å². The number of esters is 2. The van der Waals surface area contributed by atoms with E-state index in [0.717, 1.165) is 7.11 Å². The third-order valence-corrected chi connectivity index (χ3v) is 3.00. The second-order valence-electron chi connectivity index (χ2n) is 4.46. The Labute approximate surface area is 134 Å². The van der Waals surface area contributed by atoms with Crippen LogP contribution in [0.1, 0.15) is 24.8 Å². The topological polar surface area (TPSA) is 139 Å². The Balaban J connectivity index is 3.60. The molecular formula is C13H13FN2O8. The Morgan fingerprint density at radius 3 is 2.08 bits per heavy atom. The van der Waals surface area contributed by atoms with E-state index in [0.29, 0.717) is 12.1 Å². The van der Waals surface area contributed by atoms with Gasteiger partial charge >= 0.3 is 11.9 Å². The molecule has 1 aromatic carbocycles. The number of carbonyl (C=O) groups excluding carboxylic acids is 2. The van der Waals surface area contributed by atoms with E-state index in [1.54, 1.807) is 0 Å². The summed E-state index contributed by atoms with van der Waals surface area (Å²) in [7, 11) is 0.946. The van der Waals surface area contributed by atoms with E-state index < -0.39 is 56.9 Å². The van der Waals surface area contributed by atoms with Gasteiger partial charge in [-0.3, -0.25) is 29.8 Å². The van der Waals surface area contributed by atoms with Crippen LogP contribution in [0.3, 0.4) is 0 Å². The second-order valence-corrected chi connectivity index (χ2v) is 4.46. The minimum atomic E-state index is -1.68. The Morgan fingerprint density at radius 1 is 1.21 bits per heavy atom. The molecule has 0 radical (unpaired) electrons. The van der Waals surface area contributed by atoms with Crippen molar-refractivity contribution in [2.24, 2.45) is 0 Å². The number of rotatable bonds is 7. The third-order valence-electron chi connectivity index (χ3n) is 3.00. The van der Waals surface area contributed by atoms with E-state index in [1.807, 2.05) is 0 Å². The molecule has 10 nitrogen and oxygen atoms in total. The van der Waals surface area contributed by atoms with Crippen LogP contribution in [0, 0.1) is 26.0 Å². The zero-order valence-electron chi connectivity index (χ0n) is 12.7. The molecule has 0 bridgehead atoms. The van der Waals surface area contributed by atoms with E-state index >= 15 is 0 Å². The molecule has 1 aromatic rings. The Bertz CT molecular complexity index is 656. The van der Waals surface area contributed by atoms with Crippen molar-refractivity contribution in [3.63, 3.8) is 0 Å². The highest BCUT2D eigenvalue weighted by Crippen LogP contribution is 2.38. The zero-order chi connectivity index (χ0) is 18.4. The van der Waals surface area contributed by atoms with Gasteiger partial charge in [-0.05, 0) is 6.92 Å². The molecule has 0 aliphatic heterocycles. The molecule has 0 aliphatic rings.